The van der Waals surface area contributed by atoms with Crippen LogP contribution in [0.15, 0.2) is 30.7 Å². The Balaban J connectivity index is 1.61. The number of pyridine rings is 2. The van der Waals surface area contributed by atoms with Crippen molar-refractivity contribution in [3.63, 3.8) is 0 Å². The number of carbonyl (C=O) groups excluding carboxylic acids is 1. The molecule has 1 N–H and O–H groups in total. The minimum atomic E-state index is -4.42. The number of rotatable bonds is 7. The van der Waals surface area contributed by atoms with Crippen LogP contribution in [0.4, 0.5) is 13.2 Å². The molecule has 0 spiro atoms. The molecule has 1 atom stereocenters. The topological polar surface area (TPSA) is 81.9 Å². The number of carbonyl (C=O) groups is 1. The number of alkyl halides is 3. The Kier molecular flexibility index (Phi) is 4.87. The molecule has 1 aliphatic carbocycles. The predicted octanol–water partition coefficient (Wildman–Crippen LogP) is 3.42. The van der Waals surface area contributed by atoms with Crippen LogP contribution in [0.3, 0.4) is 0 Å². The lowest BCUT2D eigenvalue weighted by molar-refractivity contribution is -0.154. The second-order valence-electron chi connectivity index (χ2n) is 7.52. The molecule has 3 heterocycles. The lowest BCUT2D eigenvalue weighted by Crippen LogP contribution is -2.28. The molecule has 0 aliphatic heterocycles. The van der Waals surface area contributed by atoms with Crippen molar-refractivity contribution >= 4 is 17.3 Å². The molecule has 3 aromatic rings. The van der Waals surface area contributed by atoms with Crippen LogP contribution < -0.4 is 10.1 Å². The molecule has 158 valence electrons. The van der Waals surface area contributed by atoms with Crippen molar-refractivity contribution in [3.8, 4) is 5.88 Å². The van der Waals surface area contributed by atoms with Crippen LogP contribution >= 0.6 is 0 Å². The third-order valence-electron chi connectivity index (χ3n) is 5.29. The lowest BCUT2D eigenvalue weighted by atomic mass is 10.1. The van der Waals surface area contributed by atoms with Crippen LogP contribution in [0, 0.1) is 6.92 Å². The van der Waals surface area contributed by atoms with Crippen molar-refractivity contribution in [1.29, 1.82) is 0 Å². The number of halogens is 3. The van der Waals surface area contributed by atoms with E-state index in [0.717, 1.165) is 35.0 Å². The maximum Gasteiger partial charge on any atom is 0.422 e. The van der Waals surface area contributed by atoms with Crippen molar-refractivity contribution in [2.75, 3.05) is 6.61 Å². The summed E-state index contributed by atoms with van der Waals surface area (Å²) in [5.41, 5.74) is 2.39. The van der Waals surface area contributed by atoms with Crippen molar-refractivity contribution < 1.29 is 22.7 Å². The van der Waals surface area contributed by atoms with Crippen LogP contribution in [-0.4, -0.2) is 38.9 Å². The highest BCUT2D eigenvalue weighted by molar-refractivity contribution is 5.82. The van der Waals surface area contributed by atoms with Gasteiger partial charge in [0.25, 0.3) is 0 Å². The summed E-state index contributed by atoms with van der Waals surface area (Å²) in [4.78, 5) is 19.5. The molecular formula is C20H20F3N5O2. The maximum absolute atomic E-state index is 12.4. The molecule has 7 nitrogen and oxygen atoms in total. The summed E-state index contributed by atoms with van der Waals surface area (Å²) in [6, 6.07) is 3.32. The summed E-state index contributed by atoms with van der Waals surface area (Å²) < 4.78 is 43.7. The molecule has 4 rings (SSSR count). The van der Waals surface area contributed by atoms with Gasteiger partial charge in [0, 0.05) is 29.5 Å². The van der Waals surface area contributed by atoms with Gasteiger partial charge in [-0.2, -0.15) is 18.3 Å². The number of nitrogens with zero attached hydrogens (tertiary/aromatic N) is 4. The first-order valence-electron chi connectivity index (χ1n) is 9.44. The molecule has 1 aliphatic rings. The highest BCUT2D eigenvalue weighted by atomic mass is 19.4. The number of ether oxygens (including phenoxy) is 1. The second-order valence-corrected chi connectivity index (χ2v) is 7.52. The van der Waals surface area contributed by atoms with Crippen molar-refractivity contribution in [1.82, 2.24) is 25.1 Å². The Hall–Kier alpha value is -3.17. The van der Waals surface area contributed by atoms with E-state index >= 15 is 0 Å². The molecule has 0 bridgehead atoms. The van der Waals surface area contributed by atoms with Gasteiger partial charge in [-0.15, -0.1) is 0 Å². The van der Waals surface area contributed by atoms with Crippen LogP contribution in [0.25, 0.3) is 10.9 Å². The number of hydrogen-bond acceptors (Lipinski definition) is 5. The average Bonchev–Trinajstić information content (AvgIpc) is 3.33. The van der Waals surface area contributed by atoms with Crippen LogP contribution in [0.1, 0.15) is 42.6 Å². The standard InChI is InChI=1S/C20H20F3N5O2/c1-12-7-14(8-25-18(12)30-10-20(21,22)23)13(2)28-9-15-16(27-28)3-6-24-17(15)19(4-5-19)26-11-29/h3,6-9,11,13H,4-5,10H2,1-2H3,(H,26,29). The van der Waals surface area contributed by atoms with E-state index in [0.29, 0.717) is 12.0 Å². The van der Waals surface area contributed by atoms with Gasteiger partial charge in [-0.3, -0.25) is 14.5 Å². The minimum absolute atomic E-state index is 0.0454. The summed E-state index contributed by atoms with van der Waals surface area (Å²) in [5.74, 6) is -0.0454. The van der Waals surface area contributed by atoms with Crippen LogP contribution in [0.5, 0.6) is 5.88 Å². The maximum atomic E-state index is 12.4. The zero-order valence-corrected chi connectivity index (χ0v) is 16.4. The zero-order chi connectivity index (χ0) is 21.5. The summed E-state index contributed by atoms with van der Waals surface area (Å²) in [7, 11) is 0. The van der Waals surface area contributed by atoms with E-state index in [1.165, 1.54) is 6.20 Å². The lowest BCUT2D eigenvalue weighted by Gasteiger charge is -2.15. The smallest absolute Gasteiger partial charge is 0.422 e. The van der Waals surface area contributed by atoms with E-state index in [2.05, 4.69) is 20.4 Å². The van der Waals surface area contributed by atoms with Crippen molar-refractivity contribution in [3.05, 3.63) is 47.5 Å². The Bertz CT molecular complexity index is 1090. The van der Waals surface area contributed by atoms with Gasteiger partial charge in [-0.05, 0) is 44.4 Å². The Morgan fingerprint density at radius 1 is 1.37 bits per heavy atom. The quantitative estimate of drug-likeness (QED) is 0.594. The molecule has 1 fully saturated rings. The summed E-state index contributed by atoms with van der Waals surface area (Å²) in [6.07, 6.45) is 2.95. The predicted molar refractivity (Wildman–Crippen MR) is 102 cm³/mol. The summed E-state index contributed by atoms with van der Waals surface area (Å²) in [6.45, 7) is 2.19. The van der Waals surface area contributed by atoms with Gasteiger partial charge < -0.3 is 10.1 Å². The number of aromatic nitrogens is 4. The molecule has 1 saturated carbocycles. The highest BCUT2D eigenvalue weighted by Gasteiger charge is 2.46. The SMILES string of the molecule is Cc1cc(C(C)n2cc3c(C4(NC=O)CC4)nccc3n2)cnc1OCC(F)(F)F. The van der Waals surface area contributed by atoms with Gasteiger partial charge in [0.1, 0.15) is 0 Å². The van der Waals surface area contributed by atoms with Gasteiger partial charge in [-0.25, -0.2) is 4.98 Å². The third-order valence-corrected chi connectivity index (χ3v) is 5.29. The third kappa shape index (κ3) is 3.81. The van der Waals surface area contributed by atoms with Gasteiger partial charge >= 0.3 is 6.18 Å². The molecule has 0 aromatic carbocycles. The average molecular weight is 419 g/mol. The molecule has 0 radical (unpaired) electrons. The van der Waals surface area contributed by atoms with Gasteiger partial charge in [0.15, 0.2) is 6.61 Å². The first-order chi connectivity index (χ1) is 14.2. The largest absolute Gasteiger partial charge is 0.468 e. The number of aryl methyl sites for hydroxylation is 1. The van der Waals surface area contributed by atoms with E-state index < -0.39 is 18.3 Å². The summed E-state index contributed by atoms with van der Waals surface area (Å²) in [5, 5.41) is 8.34. The Labute approximate surface area is 170 Å². The zero-order valence-electron chi connectivity index (χ0n) is 16.4. The van der Waals surface area contributed by atoms with Gasteiger partial charge in [0.2, 0.25) is 12.3 Å². The fourth-order valence-corrected chi connectivity index (χ4v) is 3.50. The molecule has 30 heavy (non-hydrogen) atoms. The van der Waals surface area contributed by atoms with E-state index in [-0.39, 0.29) is 11.9 Å². The van der Waals surface area contributed by atoms with E-state index in [9.17, 15) is 18.0 Å². The van der Waals surface area contributed by atoms with Gasteiger partial charge in [0.05, 0.1) is 22.8 Å². The summed E-state index contributed by atoms with van der Waals surface area (Å²) >= 11 is 0. The van der Waals surface area contributed by atoms with Gasteiger partial charge in [-0.1, -0.05) is 0 Å². The molecule has 1 unspecified atom stereocenters. The van der Waals surface area contributed by atoms with Crippen molar-refractivity contribution in [2.24, 2.45) is 0 Å². The monoisotopic (exact) mass is 419 g/mol. The van der Waals surface area contributed by atoms with E-state index in [4.69, 9.17) is 4.74 Å². The fourth-order valence-electron chi connectivity index (χ4n) is 3.50. The number of hydrogen-bond donors (Lipinski definition) is 1. The first kappa shape index (κ1) is 20.1. The Morgan fingerprint density at radius 3 is 2.77 bits per heavy atom. The normalized spacial score (nSPS) is 16.3. The fraction of sp³-hybridized carbons (Fsp3) is 0.400. The first-order valence-corrected chi connectivity index (χ1v) is 9.44. The number of fused-ring (bicyclic) bond motifs is 1. The Morgan fingerprint density at radius 2 is 2.13 bits per heavy atom. The molecular weight excluding hydrogens is 399 g/mol. The molecule has 10 heteroatoms. The molecule has 1 amide bonds. The molecule has 3 aromatic heterocycles. The number of nitrogens with one attached hydrogen (secondary N) is 1. The minimum Gasteiger partial charge on any atom is -0.468 e. The van der Waals surface area contributed by atoms with Crippen LogP contribution in [0.2, 0.25) is 0 Å². The highest BCUT2D eigenvalue weighted by Crippen LogP contribution is 2.46. The van der Waals surface area contributed by atoms with E-state index in [1.54, 1.807) is 29.9 Å². The second kappa shape index (κ2) is 7.26. The molecule has 0 saturated heterocycles. The number of amides is 1. The van der Waals surface area contributed by atoms with E-state index in [1.807, 2.05) is 13.1 Å². The van der Waals surface area contributed by atoms with Crippen molar-refractivity contribution in [2.45, 2.75) is 44.4 Å². The van der Waals surface area contributed by atoms with Crippen LogP contribution in [-0.2, 0) is 10.3 Å².